The lowest BCUT2D eigenvalue weighted by molar-refractivity contribution is -0.125. The zero-order chi connectivity index (χ0) is 20.5. The number of carbonyl (C=O) groups is 2. The number of fused-ring (bicyclic) bond motifs is 1. The molecule has 2 amide bonds. The summed E-state index contributed by atoms with van der Waals surface area (Å²) in [6.45, 7) is 2.84. The summed E-state index contributed by atoms with van der Waals surface area (Å²) in [7, 11) is 0. The van der Waals surface area contributed by atoms with Gasteiger partial charge in [-0.05, 0) is 37.0 Å². The van der Waals surface area contributed by atoms with Crippen LogP contribution >= 0.6 is 11.3 Å². The van der Waals surface area contributed by atoms with Crippen molar-refractivity contribution in [2.75, 3.05) is 36.2 Å². The van der Waals surface area contributed by atoms with Crippen molar-refractivity contribution in [3.8, 4) is 11.5 Å². The van der Waals surface area contributed by atoms with Gasteiger partial charge in [-0.2, -0.15) is 0 Å². The fraction of sp³-hybridized carbons (Fsp3) is 0.500. The Balaban J connectivity index is 1.18. The molecule has 1 atom stereocenters. The van der Waals surface area contributed by atoms with Gasteiger partial charge in [-0.15, -0.1) is 10.2 Å². The maximum atomic E-state index is 12.8. The second kappa shape index (κ2) is 8.10. The van der Waals surface area contributed by atoms with E-state index in [0.717, 1.165) is 42.3 Å². The molecule has 10 heteroatoms. The molecule has 0 radical (unpaired) electrons. The van der Waals surface area contributed by atoms with Gasteiger partial charge in [0.1, 0.15) is 0 Å². The molecule has 1 N–H and O–H groups in total. The van der Waals surface area contributed by atoms with Crippen LogP contribution in [0.15, 0.2) is 18.2 Å². The van der Waals surface area contributed by atoms with Crippen molar-refractivity contribution in [2.24, 2.45) is 5.92 Å². The highest BCUT2D eigenvalue weighted by atomic mass is 32.1. The molecule has 2 fully saturated rings. The summed E-state index contributed by atoms with van der Waals surface area (Å²) in [5, 5.41) is 13.0. The summed E-state index contributed by atoms with van der Waals surface area (Å²) in [6.07, 6.45) is 3.20. The highest BCUT2D eigenvalue weighted by Crippen LogP contribution is 2.33. The van der Waals surface area contributed by atoms with Crippen LogP contribution in [-0.2, 0) is 16.1 Å². The number of anilines is 2. The third kappa shape index (κ3) is 3.79. The Morgan fingerprint density at radius 2 is 2.03 bits per heavy atom. The Morgan fingerprint density at radius 1 is 1.17 bits per heavy atom. The molecule has 1 aromatic heterocycles. The van der Waals surface area contributed by atoms with E-state index in [1.54, 1.807) is 4.90 Å². The number of piperidine rings is 1. The molecule has 0 unspecified atom stereocenters. The van der Waals surface area contributed by atoms with E-state index in [4.69, 9.17) is 9.47 Å². The lowest BCUT2D eigenvalue weighted by atomic mass is 9.97. The highest BCUT2D eigenvalue weighted by Gasteiger charge is 2.30. The van der Waals surface area contributed by atoms with Gasteiger partial charge in [0.05, 0.1) is 5.92 Å². The van der Waals surface area contributed by atoms with Crippen molar-refractivity contribution in [2.45, 2.75) is 32.2 Å². The summed E-state index contributed by atoms with van der Waals surface area (Å²) in [5.41, 5.74) is 0.976. The first kappa shape index (κ1) is 19.1. The van der Waals surface area contributed by atoms with Gasteiger partial charge in [0.15, 0.2) is 11.5 Å². The van der Waals surface area contributed by atoms with Gasteiger partial charge in [-0.1, -0.05) is 17.4 Å². The number of amides is 2. The van der Waals surface area contributed by atoms with E-state index in [1.807, 2.05) is 18.2 Å². The van der Waals surface area contributed by atoms with Gasteiger partial charge < -0.3 is 19.7 Å². The van der Waals surface area contributed by atoms with E-state index in [9.17, 15) is 9.59 Å². The normalized spacial score (nSPS) is 20.7. The van der Waals surface area contributed by atoms with Crippen LogP contribution in [0.5, 0.6) is 11.5 Å². The van der Waals surface area contributed by atoms with Gasteiger partial charge in [0, 0.05) is 32.6 Å². The van der Waals surface area contributed by atoms with Crippen molar-refractivity contribution < 1.29 is 19.1 Å². The third-order valence-electron chi connectivity index (χ3n) is 5.67. The molecule has 2 saturated heterocycles. The summed E-state index contributed by atoms with van der Waals surface area (Å²) in [5.74, 6) is 1.50. The zero-order valence-corrected chi connectivity index (χ0v) is 17.3. The van der Waals surface area contributed by atoms with E-state index in [1.165, 1.54) is 11.3 Å². The van der Waals surface area contributed by atoms with Crippen LogP contribution in [0.3, 0.4) is 0 Å². The number of benzene rings is 1. The molecule has 3 aliphatic rings. The Morgan fingerprint density at radius 3 is 2.90 bits per heavy atom. The van der Waals surface area contributed by atoms with Crippen LogP contribution in [0.2, 0.25) is 0 Å². The van der Waals surface area contributed by atoms with Crippen LogP contribution in [0.4, 0.5) is 10.3 Å². The van der Waals surface area contributed by atoms with Gasteiger partial charge in [0.25, 0.3) is 0 Å². The van der Waals surface area contributed by atoms with Gasteiger partial charge in [0.2, 0.25) is 28.9 Å². The molecule has 2 aromatic rings. The predicted molar refractivity (Wildman–Crippen MR) is 111 cm³/mol. The molecule has 1 aromatic carbocycles. The SMILES string of the molecule is O=C(NCc1ccc2c(c1)OCO2)[C@H]1CCCN(c2nnc(N3CCCC3=O)s2)C1. The van der Waals surface area contributed by atoms with Crippen molar-refractivity contribution in [3.63, 3.8) is 0 Å². The van der Waals surface area contributed by atoms with E-state index in [2.05, 4.69) is 20.4 Å². The molecular formula is C20H23N5O4S. The van der Waals surface area contributed by atoms with Crippen molar-refractivity contribution in [1.82, 2.24) is 15.5 Å². The first-order valence-corrected chi connectivity index (χ1v) is 11.0. The fourth-order valence-electron chi connectivity index (χ4n) is 4.04. The summed E-state index contributed by atoms with van der Waals surface area (Å²) in [4.78, 5) is 28.5. The minimum absolute atomic E-state index is 0.0387. The lowest BCUT2D eigenvalue weighted by Gasteiger charge is -2.31. The topological polar surface area (TPSA) is 96.9 Å². The number of hydrogen-bond donors (Lipinski definition) is 1. The van der Waals surface area contributed by atoms with Gasteiger partial charge in [-0.25, -0.2) is 0 Å². The molecule has 9 nitrogen and oxygen atoms in total. The minimum Gasteiger partial charge on any atom is -0.454 e. The number of nitrogens with zero attached hydrogens (tertiary/aromatic N) is 4. The number of carbonyl (C=O) groups excluding carboxylic acids is 2. The van der Waals surface area contributed by atoms with Gasteiger partial charge >= 0.3 is 0 Å². The number of ether oxygens (including phenoxy) is 2. The molecule has 30 heavy (non-hydrogen) atoms. The molecule has 158 valence electrons. The van der Waals surface area contributed by atoms with E-state index >= 15 is 0 Å². The fourth-order valence-corrected chi connectivity index (χ4v) is 4.97. The van der Waals surface area contributed by atoms with Crippen LogP contribution in [0.1, 0.15) is 31.2 Å². The number of nitrogens with one attached hydrogen (secondary N) is 1. The molecule has 3 aliphatic heterocycles. The standard InChI is InChI=1S/C20H23N5O4S/c26-17-4-2-8-25(17)20-23-22-19(30-20)24-7-1-3-14(11-24)18(27)21-10-13-5-6-15-16(9-13)29-12-28-15/h5-6,9,14H,1-4,7-8,10-12H2,(H,21,27)/t14-/m0/s1. The van der Waals surface area contributed by atoms with Crippen LogP contribution in [0, 0.1) is 5.92 Å². The molecular weight excluding hydrogens is 406 g/mol. The quantitative estimate of drug-likeness (QED) is 0.776. The second-order valence-corrected chi connectivity index (χ2v) is 8.64. The Bertz CT molecular complexity index is 964. The molecule has 0 saturated carbocycles. The first-order chi connectivity index (χ1) is 14.7. The highest BCUT2D eigenvalue weighted by molar-refractivity contribution is 7.19. The van der Waals surface area contributed by atoms with Gasteiger partial charge in [-0.3, -0.25) is 14.5 Å². The summed E-state index contributed by atoms with van der Waals surface area (Å²) >= 11 is 1.43. The number of rotatable bonds is 5. The smallest absolute Gasteiger partial charge is 0.231 e. The molecule has 0 spiro atoms. The Labute approximate surface area is 178 Å². The second-order valence-electron chi connectivity index (χ2n) is 7.71. The Hall–Kier alpha value is -2.88. The average Bonchev–Trinajstić information content (AvgIpc) is 3.52. The number of hydrogen-bond acceptors (Lipinski definition) is 8. The minimum atomic E-state index is -0.103. The van der Waals surface area contributed by atoms with Crippen molar-refractivity contribution in [3.05, 3.63) is 23.8 Å². The molecule has 0 aliphatic carbocycles. The predicted octanol–water partition coefficient (Wildman–Crippen LogP) is 1.93. The van der Waals surface area contributed by atoms with Crippen LogP contribution < -0.4 is 24.6 Å². The van der Waals surface area contributed by atoms with E-state index in [-0.39, 0.29) is 24.5 Å². The van der Waals surface area contributed by atoms with Crippen molar-refractivity contribution >= 4 is 33.4 Å². The van der Waals surface area contributed by atoms with E-state index < -0.39 is 0 Å². The van der Waals surface area contributed by atoms with Crippen molar-refractivity contribution in [1.29, 1.82) is 0 Å². The number of aromatic nitrogens is 2. The summed E-state index contributed by atoms with van der Waals surface area (Å²) in [6, 6.07) is 5.70. The van der Waals surface area contributed by atoms with E-state index in [0.29, 0.717) is 36.9 Å². The summed E-state index contributed by atoms with van der Waals surface area (Å²) < 4.78 is 10.7. The first-order valence-electron chi connectivity index (χ1n) is 10.2. The largest absolute Gasteiger partial charge is 0.454 e. The lowest BCUT2D eigenvalue weighted by Crippen LogP contribution is -2.43. The molecule has 5 rings (SSSR count). The average molecular weight is 430 g/mol. The molecule has 4 heterocycles. The third-order valence-corrected chi connectivity index (χ3v) is 6.68. The Kier molecular flexibility index (Phi) is 5.16. The molecule has 0 bridgehead atoms. The van der Waals surface area contributed by atoms with Crippen LogP contribution in [-0.4, -0.2) is 48.4 Å². The maximum absolute atomic E-state index is 12.8. The maximum Gasteiger partial charge on any atom is 0.231 e. The zero-order valence-electron chi connectivity index (χ0n) is 16.5. The monoisotopic (exact) mass is 429 g/mol. The van der Waals surface area contributed by atoms with Crippen LogP contribution in [0.25, 0.3) is 0 Å².